The van der Waals surface area contributed by atoms with Crippen LogP contribution in [-0.4, -0.2) is 42.9 Å². The summed E-state index contributed by atoms with van der Waals surface area (Å²) < 4.78 is 5.61. The summed E-state index contributed by atoms with van der Waals surface area (Å²) in [6, 6.07) is 11.2. The first-order valence-electron chi connectivity index (χ1n) is 10.2. The molecular weight excluding hydrogens is 354 g/mol. The fourth-order valence-electron chi connectivity index (χ4n) is 4.11. The van der Waals surface area contributed by atoms with Crippen molar-refractivity contribution in [3.05, 3.63) is 54.0 Å². The number of piperidine rings is 1. The molecule has 2 saturated heterocycles. The van der Waals surface area contributed by atoms with Gasteiger partial charge < -0.3 is 14.6 Å². The molecule has 28 heavy (non-hydrogen) atoms. The standard InChI is InChI=1S/C22H27N3O3/c26-21-7-1-2-14-25(21)18-10-8-17(9-11-18)22(27)23-16-19(20-6-5-15-28-20)24-12-3-4-13-24/h5-6,8-11,15,19H,1-4,7,12-14,16H2,(H,23,27)/t19-/m0/s1. The molecule has 4 rings (SSSR count). The maximum Gasteiger partial charge on any atom is 0.251 e. The average molecular weight is 381 g/mol. The molecule has 3 heterocycles. The summed E-state index contributed by atoms with van der Waals surface area (Å²) in [4.78, 5) is 28.9. The van der Waals surface area contributed by atoms with E-state index in [1.165, 1.54) is 12.8 Å². The van der Waals surface area contributed by atoms with Crippen molar-refractivity contribution in [2.45, 2.75) is 38.1 Å². The summed E-state index contributed by atoms with van der Waals surface area (Å²) in [7, 11) is 0. The van der Waals surface area contributed by atoms with Gasteiger partial charge in [-0.05, 0) is 75.2 Å². The smallest absolute Gasteiger partial charge is 0.251 e. The predicted molar refractivity (Wildman–Crippen MR) is 107 cm³/mol. The van der Waals surface area contributed by atoms with Gasteiger partial charge >= 0.3 is 0 Å². The number of nitrogens with zero attached hydrogens (tertiary/aromatic N) is 2. The zero-order valence-electron chi connectivity index (χ0n) is 16.1. The maximum atomic E-state index is 12.6. The first-order valence-corrected chi connectivity index (χ1v) is 10.2. The number of nitrogens with one attached hydrogen (secondary N) is 1. The number of rotatable bonds is 6. The molecule has 148 valence electrons. The first kappa shape index (κ1) is 18.7. The van der Waals surface area contributed by atoms with Gasteiger partial charge in [0.1, 0.15) is 5.76 Å². The number of amides is 2. The van der Waals surface area contributed by atoms with Crippen LogP contribution in [0.25, 0.3) is 0 Å². The molecule has 0 bridgehead atoms. The summed E-state index contributed by atoms with van der Waals surface area (Å²) in [6.07, 6.45) is 6.64. The summed E-state index contributed by atoms with van der Waals surface area (Å²) in [5.41, 5.74) is 1.47. The minimum Gasteiger partial charge on any atom is -0.468 e. The minimum absolute atomic E-state index is 0.0618. The van der Waals surface area contributed by atoms with Gasteiger partial charge in [0, 0.05) is 30.8 Å². The van der Waals surface area contributed by atoms with Gasteiger partial charge in [-0.2, -0.15) is 0 Å². The Morgan fingerprint density at radius 2 is 1.79 bits per heavy atom. The second-order valence-electron chi connectivity index (χ2n) is 7.53. The fraction of sp³-hybridized carbons (Fsp3) is 0.455. The van der Waals surface area contributed by atoms with Crippen LogP contribution < -0.4 is 10.2 Å². The normalized spacial score (nSPS) is 19.0. The lowest BCUT2D eigenvalue weighted by atomic mass is 10.1. The third-order valence-corrected chi connectivity index (χ3v) is 5.67. The Hall–Kier alpha value is -2.60. The van der Waals surface area contributed by atoms with Crippen molar-refractivity contribution >= 4 is 17.5 Å². The molecule has 2 amide bonds. The Bertz CT molecular complexity index is 795. The van der Waals surface area contributed by atoms with E-state index in [1.807, 2.05) is 29.2 Å². The predicted octanol–water partition coefficient (Wildman–Crippen LogP) is 3.36. The van der Waals surface area contributed by atoms with Crippen molar-refractivity contribution in [3.8, 4) is 0 Å². The second kappa shape index (κ2) is 8.61. The van der Waals surface area contributed by atoms with E-state index in [4.69, 9.17) is 4.42 Å². The highest BCUT2D eigenvalue weighted by Crippen LogP contribution is 2.25. The van der Waals surface area contributed by atoms with Crippen LogP contribution in [0.2, 0.25) is 0 Å². The van der Waals surface area contributed by atoms with Gasteiger partial charge in [0.05, 0.1) is 12.3 Å². The Balaban J connectivity index is 1.39. The number of anilines is 1. The molecule has 1 aromatic heterocycles. The zero-order valence-corrected chi connectivity index (χ0v) is 16.1. The SMILES string of the molecule is O=C(NC[C@@H](c1ccco1)N1CCCC1)c1ccc(N2CCCCC2=O)cc1. The van der Waals surface area contributed by atoms with Crippen molar-refractivity contribution in [1.82, 2.24) is 10.2 Å². The molecule has 0 aliphatic carbocycles. The molecule has 2 aliphatic rings. The lowest BCUT2D eigenvalue weighted by molar-refractivity contribution is -0.119. The largest absolute Gasteiger partial charge is 0.468 e. The van der Waals surface area contributed by atoms with E-state index < -0.39 is 0 Å². The lowest BCUT2D eigenvalue weighted by Crippen LogP contribution is -2.37. The molecule has 0 unspecified atom stereocenters. The van der Waals surface area contributed by atoms with Crippen LogP contribution in [0.5, 0.6) is 0 Å². The van der Waals surface area contributed by atoms with Crippen molar-refractivity contribution in [2.75, 3.05) is 31.1 Å². The Morgan fingerprint density at radius 1 is 1.04 bits per heavy atom. The summed E-state index contributed by atoms with van der Waals surface area (Å²) in [6.45, 7) is 3.32. The highest BCUT2D eigenvalue weighted by Gasteiger charge is 2.26. The van der Waals surface area contributed by atoms with Crippen LogP contribution in [0.1, 0.15) is 54.3 Å². The van der Waals surface area contributed by atoms with Crippen LogP contribution >= 0.6 is 0 Å². The number of carbonyl (C=O) groups is 2. The number of benzene rings is 1. The zero-order chi connectivity index (χ0) is 19.3. The third kappa shape index (κ3) is 4.12. The molecule has 6 heteroatoms. The van der Waals surface area contributed by atoms with Gasteiger partial charge in [-0.3, -0.25) is 14.5 Å². The fourth-order valence-corrected chi connectivity index (χ4v) is 4.11. The number of hydrogen-bond donors (Lipinski definition) is 1. The van der Waals surface area contributed by atoms with E-state index >= 15 is 0 Å². The van der Waals surface area contributed by atoms with E-state index in [9.17, 15) is 9.59 Å². The van der Waals surface area contributed by atoms with Gasteiger partial charge in [-0.25, -0.2) is 0 Å². The van der Waals surface area contributed by atoms with Crippen LogP contribution in [0, 0.1) is 0 Å². The molecule has 0 saturated carbocycles. The van der Waals surface area contributed by atoms with Crippen LogP contribution in [-0.2, 0) is 4.79 Å². The quantitative estimate of drug-likeness (QED) is 0.833. The van der Waals surface area contributed by atoms with Crippen molar-refractivity contribution in [2.24, 2.45) is 0 Å². The second-order valence-corrected chi connectivity index (χ2v) is 7.53. The topological polar surface area (TPSA) is 65.8 Å². The highest BCUT2D eigenvalue weighted by atomic mass is 16.3. The van der Waals surface area contributed by atoms with Gasteiger partial charge in [0.15, 0.2) is 0 Å². The van der Waals surface area contributed by atoms with E-state index in [0.29, 0.717) is 18.5 Å². The molecule has 2 aliphatic heterocycles. The molecule has 6 nitrogen and oxygen atoms in total. The van der Waals surface area contributed by atoms with Crippen molar-refractivity contribution in [1.29, 1.82) is 0 Å². The minimum atomic E-state index is -0.104. The summed E-state index contributed by atoms with van der Waals surface area (Å²) >= 11 is 0. The van der Waals surface area contributed by atoms with Crippen LogP contribution in [0.15, 0.2) is 47.1 Å². The van der Waals surface area contributed by atoms with Gasteiger partial charge in [-0.1, -0.05) is 0 Å². The maximum absolute atomic E-state index is 12.6. The Labute approximate surface area is 165 Å². The van der Waals surface area contributed by atoms with Crippen LogP contribution in [0.4, 0.5) is 5.69 Å². The lowest BCUT2D eigenvalue weighted by Gasteiger charge is -2.27. The molecular formula is C22H27N3O3. The first-order chi connectivity index (χ1) is 13.7. The van der Waals surface area contributed by atoms with E-state index in [1.54, 1.807) is 18.4 Å². The number of likely N-dealkylation sites (tertiary alicyclic amines) is 1. The Kier molecular flexibility index (Phi) is 5.76. The number of carbonyl (C=O) groups excluding carboxylic acids is 2. The van der Waals surface area contributed by atoms with Gasteiger partial charge in [0.25, 0.3) is 5.91 Å². The molecule has 0 spiro atoms. The summed E-state index contributed by atoms with van der Waals surface area (Å²) in [5, 5.41) is 3.05. The van der Waals surface area contributed by atoms with Gasteiger partial charge in [0.2, 0.25) is 5.91 Å². The monoisotopic (exact) mass is 381 g/mol. The average Bonchev–Trinajstić information content (AvgIpc) is 3.43. The number of furan rings is 1. The van der Waals surface area contributed by atoms with E-state index in [-0.39, 0.29) is 17.9 Å². The molecule has 1 N–H and O–H groups in total. The molecule has 2 aromatic rings. The van der Waals surface area contributed by atoms with Crippen LogP contribution in [0.3, 0.4) is 0 Å². The third-order valence-electron chi connectivity index (χ3n) is 5.67. The summed E-state index contributed by atoms with van der Waals surface area (Å²) in [5.74, 6) is 0.948. The van der Waals surface area contributed by atoms with Crippen molar-refractivity contribution in [3.63, 3.8) is 0 Å². The number of hydrogen-bond acceptors (Lipinski definition) is 4. The highest BCUT2D eigenvalue weighted by molar-refractivity contribution is 5.96. The van der Waals surface area contributed by atoms with E-state index in [2.05, 4.69) is 10.2 Å². The van der Waals surface area contributed by atoms with E-state index in [0.717, 1.165) is 43.9 Å². The molecule has 2 fully saturated rings. The molecule has 0 radical (unpaired) electrons. The Morgan fingerprint density at radius 3 is 2.46 bits per heavy atom. The molecule has 1 atom stereocenters. The molecule has 1 aromatic carbocycles. The van der Waals surface area contributed by atoms with Crippen molar-refractivity contribution < 1.29 is 14.0 Å². The van der Waals surface area contributed by atoms with Gasteiger partial charge in [-0.15, -0.1) is 0 Å².